The topological polar surface area (TPSA) is 137 Å². The van der Waals surface area contributed by atoms with E-state index in [4.69, 9.17) is 16.3 Å². The number of nitrogens with one attached hydrogen (secondary N) is 1. The number of aromatic nitrogens is 4. The Morgan fingerprint density at radius 1 is 1.36 bits per heavy atom. The number of imidazole rings is 1. The fourth-order valence-electron chi connectivity index (χ4n) is 2.10. The highest BCUT2D eigenvalue weighted by Gasteiger charge is 2.14. The first-order chi connectivity index (χ1) is 10.6. The number of rotatable bonds is 3. The van der Waals surface area contributed by atoms with E-state index in [9.17, 15) is 4.79 Å². The number of methoxy groups -OCH3 is 1. The van der Waals surface area contributed by atoms with Crippen molar-refractivity contribution in [3.05, 3.63) is 46.8 Å². The Balaban J connectivity index is 2.23. The lowest BCUT2D eigenvalue weighted by Gasteiger charge is -2.05. The molecule has 0 atom stereocenters. The summed E-state index contributed by atoms with van der Waals surface area (Å²) in [5.74, 6) is 5.86. The Morgan fingerprint density at radius 2 is 2.09 bits per heavy atom. The van der Waals surface area contributed by atoms with E-state index in [1.54, 1.807) is 30.1 Å². The maximum absolute atomic E-state index is 11.7. The zero-order chi connectivity index (χ0) is 15.7. The molecule has 0 saturated heterocycles. The number of H-pyrrole nitrogens is 1. The lowest BCUT2D eigenvalue weighted by molar-refractivity contribution is 0.415. The van der Waals surface area contributed by atoms with Crippen LogP contribution in [0.1, 0.15) is 5.69 Å². The van der Waals surface area contributed by atoms with Crippen molar-refractivity contribution < 1.29 is 4.74 Å². The molecule has 0 aliphatic carbocycles. The highest BCUT2D eigenvalue weighted by atomic mass is 16.5. The monoisotopic (exact) mass is 299 g/mol. The molecule has 0 aliphatic heterocycles. The molecule has 2 heterocycles. The van der Waals surface area contributed by atoms with E-state index in [1.807, 2.05) is 12.1 Å². The van der Waals surface area contributed by atoms with E-state index >= 15 is 0 Å². The number of ether oxygens (including phenoxy) is 1. The van der Waals surface area contributed by atoms with Gasteiger partial charge in [0.05, 0.1) is 7.11 Å². The largest absolute Gasteiger partial charge is 0.497 e. The average molecular weight is 299 g/mol. The second-order valence-corrected chi connectivity index (χ2v) is 4.42. The van der Waals surface area contributed by atoms with Crippen LogP contribution in [0, 0.1) is 0 Å². The van der Waals surface area contributed by atoms with Gasteiger partial charge in [-0.05, 0) is 24.3 Å². The molecule has 22 heavy (non-hydrogen) atoms. The normalized spacial score (nSPS) is 11.8. The summed E-state index contributed by atoms with van der Waals surface area (Å²) in [5, 5.41) is 3.39. The predicted octanol–water partition coefficient (Wildman–Crippen LogP) is -0.304. The predicted molar refractivity (Wildman–Crippen MR) is 80.9 cm³/mol. The molecular weight excluding hydrogens is 286 g/mol. The Labute approximate surface area is 124 Å². The molecule has 0 saturated carbocycles. The van der Waals surface area contributed by atoms with Gasteiger partial charge in [0.25, 0.3) is 0 Å². The molecule has 9 heteroatoms. The summed E-state index contributed by atoms with van der Waals surface area (Å²) in [7, 11) is 1.59. The number of hydrogen-bond donors (Lipinski definition) is 3. The molecule has 0 spiro atoms. The molecule has 5 N–H and O–H groups in total. The summed E-state index contributed by atoms with van der Waals surface area (Å²) < 4.78 is 6.78. The average Bonchev–Trinajstić information content (AvgIpc) is 2.97. The van der Waals surface area contributed by atoms with Gasteiger partial charge in [-0.2, -0.15) is 10.1 Å². The first-order valence-electron chi connectivity index (χ1n) is 6.29. The van der Waals surface area contributed by atoms with Gasteiger partial charge in [-0.3, -0.25) is 4.57 Å². The number of aromatic amines is 1. The Bertz CT molecular complexity index is 908. The Hall–Kier alpha value is -3.36. The van der Waals surface area contributed by atoms with Gasteiger partial charge in [0.2, 0.25) is 0 Å². The molecule has 1 aromatic carbocycles. The van der Waals surface area contributed by atoms with E-state index in [1.165, 1.54) is 0 Å². The van der Waals surface area contributed by atoms with Crippen molar-refractivity contribution in [3.8, 4) is 11.4 Å². The van der Waals surface area contributed by atoms with Crippen molar-refractivity contribution in [2.45, 2.75) is 0 Å². The van der Waals surface area contributed by atoms with Crippen LogP contribution < -0.4 is 22.0 Å². The number of hydrogen-bond acceptors (Lipinski definition) is 6. The third-order valence-electron chi connectivity index (χ3n) is 3.16. The van der Waals surface area contributed by atoms with Crippen LogP contribution in [0.4, 0.5) is 0 Å². The zero-order valence-corrected chi connectivity index (χ0v) is 11.6. The van der Waals surface area contributed by atoms with E-state index < -0.39 is 5.69 Å². The lowest BCUT2D eigenvalue weighted by Crippen LogP contribution is -2.23. The van der Waals surface area contributed by atoms with Gasteiger partial charge in [-0.1, -0.05) is 0 Å². The van der Waals surface area contributed by atoms with E-state index in [0.717, 1.165) is 11.4 Å². The molecular formula is C13H13N7O2. The molecule has 2 aromatic heterocycles. The minimum absolute atomic E-state index is 0.0236. The van der Waals surface area contributed by atoms with Crippen molar-refractivity contribution in [1.29, 1.82) is 0 Å². The molecule has 0 fully saturated rings. The third-order valence-corrected chi connectivity index (χ3v) is 3.16. The quantitative estimate of drug-likeness (QED) is 0.263. The molecule has 0 unspecified atom stereocenters. The summed E-state index contributed by atoms with van der Waals surface area (Å²) in [6.07, 6.45) is 1.54. The summed E-state index contributed by atoms with van der Waals surface area (Å²) in [4.78, 5) is 22.4. The molecule has 0 amide bonds. The number of nitrogens with two attached hydrogens (primary N) is 2. The van der Waals surface area contributed by atoms with Crippen LogP contribution >= 0.6 is 0 Å². The number of fused-ring (bicyclic) bond motifs is 1. The Morgan fingerprint density at radius 3 is 2.73 bits per heavy atom. The first-order valence-corrected chi connectivity index (χ1v) is 6.29. The second kappa shape index (κ2) is 5.20. The fourth-order valence-corrected chi connectivity index (χ4v) is 2.10. The van der Waals surface area contributed by atoms with Crippen LogP contribution in [0.2, 0.25) is 0 Å². The molecule has 3 aromatic rings. The molecule has 0 aliphatic rings. The maximum atomic E-state index is 11.7. The first kappa shape index (κ1) is 13.6. The smallest absolute Gasteiger partial charge is 0.347 e. The van der Waals surface area contributed by atoms with Crippen LogP contribution in [0.15, 0.2) is 40.5 Å². The summed E-state index contributed by atoms with van der Waals surface area (Å²) in [6, 6.07) is 7.24. The van der Waals surface area contributed by atoms with Crippen LogP contribution in [-0.2, 0) is 0 Å². The van der Waals surface area contributed by atoms with Crippen molar-refractivity contribution in [3.63, 3.8) is 0 Å². The molecule has 0 bridgehead atoms. The number of hydrazone groups is 1. The minimum Gasteiger partial charge on any atom is -0.497 e. The second-order valence-electron chi connectivity index (χ2n) is 4.42. The van der Waals surface area contributed by atoms with Crippen LogP contribution in [0.5, 0.6) is 5.75 Å². The van der Waals surface area contributed by atoms with E-state index in [-0.39, 0.29) is 11.5 Å². The SMILES string of the molecule is COc1ccc(-n2cnc3c(/C(N)=N/N)[nH]c(=O)nc32)cc1. The van der Waals surface area contributed by atoms with Crippen LogP contribution in [0.3, 0.4) is 0 Å². The maximum Gasteiger partial charge on any atom is 0.347 e. The fraction of sp³-hybridized carbons (Fsp3) is 0.0769. The standard InChI is InChI=1S/C13H13N7O2/c1-22-8-4-2-7(3-5-8)20-6-16-10-9(11(14)19-15)17-13(21)18-12(10)20/h2-6H,15H2,1H3,(H2,14,19)(H,17,18,21). The number of amidine groups is 1. The minimum atomic E-state index is -0.565. The van der Waals surface area contributed by atoms with Crippen molar-refractivity contribution in [2.24, 2.45) is 16.7 Å². The van der Waals surface area contributed by atoms with Crippen molar-refractivity contribution in [1.82, 2.24) is 19.5 Å². The van der Waals surface area contributed by atoms with Gasteiger partial charge in [0, 0.05) is 5.69 Å². The highest BCUT2D eigenvalue weighted by molar-refractivity contribution is 6.04. The number of nitrogens with zero attached hydrogens (tertiary/aromatic N) is 4. The molecule has 0 radical (unpaired) electrons. The van der Waals surface area contributed by atoms with Crippen molar-refractivity contribution >= 4 is 17.0 Å². The van der Waals surface area contributed by atoms with E-state index in [0.29, 0.717) is 11.2 Å². The van der Waals surface area contributed by atoms with Gasteiger partial charge in [0.1, 0.15) is 23.3 Å². The van der Waals surface area contributed by atoms with E-state index in [2.05, 4.69) is 20.1 Å². The van der Waals surface area contributed by atoms with Gasteiger partial charge < -0.3 is 21.3 Å². The summed E-state index contributed by atoms with van der Waals surface area (Å²) >= 11 is 0. The van der Waals surface area contributed by atoms with Crippen LogP contribution in [0.25, 0.3) is 16.9 Å². The van der Waals surface area contributed by atoms with Gasteiger partial charge in [0.15, 0.2) is 11.5 Å². The Kier molecular flexibility index (Phi) is 3.22. The molecule has 3 rings (SSSR count). The number of benzene rings is 1. The molecule has 9 nitrogen and oxygen atoms in total. The van der Waals surface area contributed by atoms with Gasteiger partial charge in [-0.15, -0.1) is 0 Å². The summed E-state index contributed by atoms with van der Waals surface area (Å²) in [6.45, 7) is 0. The third kappa shape index (κ3) is 2.14. The molecule has 112 valence electrons. The van der Waals surface area contributed by atoms with Crippen LogP contribution in [-0.4, -0.2) is 32.5 Å². The van der Waals surface area contributed by atoms with Gasteiger partial charge in [-0.25, -0.2) is 9.78 Å². The zero-order valence-electron chi connectivity index (χ0n) is 11.6. The van der Waals surface area contributed by atoms with Crippen molar-refractivity contribution in [2.75, 3.05) is 7.11 Å². The lowest BCUT2D eigenvalue weighted by atomic mass is 10.3. The van der Waals surface area contributed by atoms with Gasteiger partial charge >= 0.3 is 5.69 Å². The highest BCUT2D eigenvalue weighted by Crippen LogP contribution is 2.19. The summed E-state index contributed by atoms with van der Waals surface area (Å²) in [5.41, 5.74) is 6.89.